The lowest BCUT2D eigenvalue weighted by Gasteiger charge is -2.06. The Labute approximate surface area is 104 Å². The summed E-state index contributed by atoms with van der Waals surface area (Å²) in [6.45, 7) is 2.47. The second kappa shape index (κ2) is 5.10. The van der Waals surface area contributed by atoms with E-state index >= 15 is 0 Å². The van der Waals surface area contributed by atoms with E-state index in [4.69, 9.17) is 11.6 Å². The third kappa shape index (κ3) is 3.14. The maximum absolute atomic E-state index is 12.9. The van der Waals surface area contributed by atoms with Gasteiger partial charge in [0.05, 0.1) is 11.2 Å². The monoisotopic (exact) mass is 251 g/mol. The van der Waals surface area contributed by atoms with Crippen LogP contribution in [0, 0.1) is 12.7 Å². The average Bonchev–Trinajstić information content (AvgIpc) is 2.31. The van der Waals surface area contributed by atoms with Crippen molar-refractivity contribution in [3.05, 3.63) is 52.4 Å². The van der Waals surface area contributed by atoms with Crippen LogP contribution in [0.15, 0.2) is 30.5 Å². The van der Waals surface area contributed by atoms with Crippen molar-refractivity contribution in [3.63, 3.8) is 0 Å². The SMILES string of the molecule is Cc1cnnc(NCc2ccc(F)c(Cl)c2)c1. The van der Waals surface area contributed by atoms with Crippen LogP contribution < -0.4 is 5.32 Å². The molecule has 0 aliphatic carbocycles. The first-order valence-corrected chi connectivity index (χ1v) is 5.50. The third-order valence-electron chi connectivity index (χ3n) is 2.25. The summed E-state index contributed by atoms with van der Waals surface area (Å²) in [5, 5.41) is 11.0. The Morgan fingerprint density at radius 3 is 2.88 bits per heavy atom. The Morgan fingerprint density at radius 1 is 1.35 bits per heavy atom. The summed E-state index contributed by atoms with van der Waals surface area (Å²) in [6, 6.07) is 6.50. The molecule has 0 radical (unpaired) electrons. The number of aromatic nitrogens is 2. The highest BCUT2D eigenvalue weighted by Gasteiger charge is 2.01. The minimum atomic E-state index is -0.411. The summed E-state index contributed by atoms with van der Waals surface area (Å²) in [7, 11) is 0. The van der Waals surface area contributed by atoms with Crippen LogP contribution in [0.5, 0.6) is 0 Å². The fourth-order valence-corrected chi connectivity index (χ4v) is 1.60. The van der Waals surface area contributed by atoms with Crippen molar-refractivity contribution in [3.8, 4) is 0 Å². The Bertz CT molecular complexity index is 531. The molecule has 0 unspecified atom stereocenters. The molecule has 0 aliphatic heterocycles. The van der Waals surface area contributed by atoms with Crippen LogP contribution in [0.4, 0.5) is 10.2 Å². The Hall–Kier alpha value is -1.68. The summed E-state index contributed by atoms with van der Waals surface area (Å²) in [4.78, 5) is 0. The first kappa shape index (κ1) is 11.8. The predicted molar refractivity (Wildman–Crippen MR) is 65.5 cm³/mol. The van der Waals surface area contributed by atoms with Crippen LogP contribution in [-0.2, 0) is 6.54 Å². The molecule has 0 spiro atoms. The van der Waals surface area contributed by atoms with Crippen LogP contribution in [-0.4, -0.2) is 10.2 Å². The number of nitrogens with zero attached hydrogens (tertiary/aromatic N) is 2. The number of hydrogen-bond acceptors (Lipinski definition) is 3. The molecule has 3 nitrogen and oxygen atoms in total. The van der Waals surface area contributed by atoms with Gasteiger partial charge < -0.3 is 5.32 Å². The Morgan fingerprint density at radius 2 is 2.18 bits per heavy atom. The molecule has 0 atom stereocenters. The highest BCUT2D eigenvalue weighted by Crippen LogP contribution is 2.16. The van der Waals surface area contributed by atoms with Crippen LogP contribution in [0.3, 0.4) is 0 Å². The molecule has 1 aromatic heterocycles. The third-order valence-corrected chi connectivity index (χ3v) is 2.54. The van der Waals surface area contributed by atoms with Crippen LogP contribution >= 0.6 is 11.6 Å². The number of rotatable bonds is 3. The zero-order chi connectivity index (χ0) is 12.3. The highest BCUT2D eigenvalue weighted by molar-refractivity contribution is 6.30. The van der Waals surface area contributed by atoms with Crippen molar-refractivity contribution in [2.75, 3.05) is 5.32 Å². The van der Waals surface area contributed by atoms with E-state index in [1.165, 1.54) is 6.07 Å². The van der Waals surface area contributed by atoms with E-state index in [0.717, 1.165) is 11.1 Å². The molecule has 0 amide bonds. The Balaban J connectivity index is 2.05. The van der Waals surface area contributed by atoms with Crippen molar-refractivity contribution < 1.29 is 4.39 Å². The predicted octanol–water partition coefficient (Wildman–Crippen LogP) is 3.19. The molecule has 0 aliphatic rings. The van der Waals surface area contributed by atoms with E-state index in [0.29, 0.717) is 12.4 Å². The van der Waals surface area contributed by atoms with Crippen LogP contribution in [0.2, 0.25) is 5.02 Å². The van der Waals surface area contributed by atoms with Gasteiger partial charge in [0.2, 0.25) is 0 Å². The van der Waals surface area contributed by atoms with Crippen molar-refractivity contribution in [2.24, 2.45) is 0 Å². The molecule has 1 N–H and O–H groups in total. The molecule has 2 aromatic rings. The van der Waals surface area contributed by atoms with Crippen molar-refractivity contribution in [1.29, 1.82) is 0 Å². The zero-order valence-electron chi connectivity index (χ0n) is 9.24. The summed E-state index contributed by atoms with van der Waals surface area (Å²) in [6.07, 6.45) is 1.68. The molecule has 0 bridgehead atoms. The molecular formula is C12H11ClFN3. The van der Waals surface area contributed by atoms with Crippen LogP contribution in [0.25, 0.3) is 0 Å². The van der Waals surface area contributed by atoms with E-state index in [1.54, 1.807) is 18.3 Å². The first-order valence-electron chi connectivity index (χ1n) is 5.12. The van der Waals surface area contributed by atoms with Gasteiger partial charge in [-0.2, -0.15) is 5.10 Å². The van der Waals surface area contributed by atoms with Crippen LogP contribution in [0.1, 0.15) is 11.1 Å². The molecule has 0 saturated carbocycles. The number of aryl methyl sites for hydroxylation is 1. The number of nitrogens with one attached hydrogen (secondary N) is 1. The van der Waals surface area contributed by atoms with Gasteiger partial charge in [-0.05, 0) is 36.2 Å². The summed E-state index contributed by atoms with van der Waals surface area (Å²) in [5.74, 6) is 0.274. The quantitative estimate of drug-likeness (QED) is 0.910. The number of benzene rings is 1. The lowest BCUT2D eigenvalue weighted by atomic mass is 10.2. The van der Waals surface area contributed by atoms with Crippen molar-refractivity contribution in [2.45, 2.75) is 13.5 Å². The minimum Gasteiger partial charge on any atom is -0.364 e. The molecule has 1 aromatic carbocycles. The highest BCUT2D eigenvalue weighted by atomic mass is 35.5. The molecule has 0 fully saturated rings. The van der Waals surface area contributed by atoms with Crippen molar-refractivity contribution >= 4 is 17.4 Å². The van der Waals surface area contributed by atoms with Gasteiger partial charge in [0.15, 0.2) is 0 Å². The number of anilines is 1. The second-order valence-corrected chi connectivity index (χ2v) is 4.13. The minimum absolute atomic E-state index is 0.125. The summed E-state index contributed by atoms with van der Waals surface area (Å²) >= 11 is 5.69. The van der Waals surface area contributed by atoms with Gasteiger partial charge in [0.25, 0.3) is 0 Å². The zero-order valence-corrected chi connectivity index (χ0v) is 10.0. The average molecular weight is 252 g/mol. The summed E-state index contributed by atoms with van der Waals surface area (Å²) in [5.41, 5.74) is 1.92. The van der Waals surface area contributed by atoms with E-state index in [-0.39, 0.29) is 5.02 Å². The van der Waals surface area contributed by atoms with Crippen molar-refractivity contribution in [1.82, 2.24) is 10.2 Å². The van der Waals surface area contributed by atoms with Gasteiger partial charge in [0.1, 0.15) is 11.6 Å². The molecule has 88 valence electrons. The van der Waals surface area contributed by atoms with Gasteiger partial charge in [-0.1, -0.05) is 17.7 Å². The number of halogens is 2. The van der Waals surface area contributed by atoms with E-state index in [9.17, 15) is 4.39 Å². The molecule has 5 heteroatoms. The smallest absolute Gasteiger partial charge is 0.149 e. The lowest BCUT2D eigenvalue weighted by molar-refractivity contribution is 0.627. The van der Waals surface area contributed by atoms with E-state index in [1.807, 2.05) is 13.0 Å². The lowest BCUT2D eigenvalue weighted by Crippen LogP contribution is -2.02. The fourth-order valence-electron chi connectivity index (χ4n) is 1.39. The molecular weight excluding hydrogens is 241 g/mol. The topological polar surface area (TPSA) is 37.8 Å². The summed E-state index contributed by atoms with van der Waals surface area (Å²) < 4.78 is 12.9. The van der Waals surface area contributed by atoms with E-state index in [2.05, 4.69) is 15.5 Å². The van der Waals surface area contributed by atoms with Gasteiger partial charge >= 0.3 is 0 Å². The molecule has 17 heavy (non-hydrogen) atoms. The normalized spacial score (nSPS) is 10.3. The largest absolute Gasteiger partial charge is 0.364 e. The maximum atomic E-state index is 12.9. The first-order chi connectivity index (χ1) is 8.15. The van der Waals surface area contributed by atoms with Gasteiger partial charge in [-0.25, -0.2) is 4.39 Å². The second-order valence-electron chi connectivity index (χ2n) is 3.72. The van der Waals surface area contributed by atoms with E-state index < -0.39 is 5.82 Å². The fraction of sp³-hybridized carbons (Fsp3) is 0.167. The molecule has 1 heterocycles. The molecule has 0 saturated heterocycles. The Kier molecular flexibility index (Phi) is 3.54. The standard InChI is InChI=1S/C12H11ClFN3/c1-8-4-12(17-16-6-8)15-7-9-2-3-11(14)10(13)5-9/h2-6H,7H2,1H3,(H,15,17). The maximum Gasteiger partial charge on any atom is 0.149 e. The van der Waals surface area contributed by atoms with Gasteiger partial charge in [-0.15, -0.1) is 5.10 Å². The molecule has 2 rings (SSSR count). The van der Waals surface area contributed by atoms with Gasteiger partial charge in [-0.3, -0.25) is 0 Å². The number of hydrogen-bond donors (Lipinski definition) is 1. The van der Waals surface area contributed by atoms with Gasteiger partial charge in [0, 0.05) is 6.54 Å².